The van der Waals surface area contributed by atoms with Crippen LogP contribution in [-0.2, 0) is 24.3 Å². The Kier molecular flexibility index (Phi) is 5.08. The van der Waals surface area contributed by atoms with E-state index in [1.54, 1.807) is 0 Å². The van der Waals surface area contributed by atoms with Crippen molar-refractivity contribution in [2.45, 2.75) is 58.5 Å². The number of aromatic nitrogens is 3. The Hall–Kier alpha value is -1.43. The van der Waals surface area contributed by atoms with E-state index in [-0.39, 0.29) is 5.91 Å². The molecule has 0 saturated carbocycles. The van der Waals surface area contributed by atoms with Crippen LogP contribution >= 0.6 is 0 Å². The molecule has 2 N–H and O–H groups in total. The van der Waals surface area contributed by atoms with E-state index in [1.165, 1.54) is 25.7 Å². The van der Waals surface area contributed by atoms with Crippen LogP contribution in [0.4, 0.5) is 0 Å². The Morgan fingerprint density at radius 2 is 2.18 bits per heavy atom. The number of piperidine rings is 1. The van der Waals surface area contributed by atoms with Crippen LogP contribution in [0.1, 0.15) is 50.7 Å². The number of amides is 1. The lowest BCUT2D eigenvalue weighted by Gasteiger charge is -2.27. The third-order valence-electron chi connectivity index (χ3n) is 5.08. The Bertz CT molecular complexity index is 507. The number of hydrogen-bond donors (Lipinski definition) is 2. The quantitative estimate of drug-likeness (QED) is 0.859. The van der Waals surface area contributed by atoms with Crippen molar-refractivity contribution < 1.29 is 4.79 Å². The largest absolute Gasteiger partial charge is 0.349 e. The fraction of sp³-hybridized carbons (Fsp3) is 0.812. The van der Waals surface area contributed by atoms with Gasteiger partial charge < -0.3 is 15.2 Å². The highest BCUT2D eigenvalue weighted by Crippen LogP contribution is 2.24. The van der Waals surface area contributed by atoms with E-state index in [9.17, 15) is 4.79 Å². The number of fused-ring (bicyclic) bond motifs is 1. The minimum Gasteiger partial charge on any atom is -0.349 e. The summed E-state index contributed by atoms with van der Waals surface area (Å²) >= 11 is 0. The summed E-state index contributed by atoms with van der Waals surface area (Å²) in [6, 6.07) is 0. The first kappa shape index (κ1) is 15.5. The molecule has 1 amide bonds. The average molecular weight is 305 g/mol. The molecule has 3 heterocycles. The van der Waals surface area contributed by atoms with E-state index in [4.69, 9.17) is 0 Å². The first-order chi connectivity index (χ1) is 10.7. The van der Waals surface area contributed by atoms with Crippen molar-refractivity contribution in [1.82, 2.24) is 25.4 Å². The van der Waals surface area contributed by atoms with E-state index >= 15 is 0 Å². The number of carbonyl (C=O) groups excluding carboxylic acids is 1. The minimum absolute atomic E-state index is 0.138. The lowest BCUT2D eigenvalue weighted by molar-refractivity contribution is -0.122. The molecule has 0 bridgehead atoms. The Labute approximate surface area is 132 Å². The summed E-state index contributed by atoms with van der Waals surface area (Å²) in [7, 11) is 0. The average Bonchev–Trinajstić information content (AvgIpc) is 2.97. The zero-order valence-electron chi connectivity index (χ0n) is 13.5. The summed E-state index contributed by atoms with van der Waals surface area (Å²) < 4.78 is 2.17. The molecule has 0 aromatic carbocycles. The molecule has 2 aliphatic rings. The Morgan fingerprint density at radius 3 is 3.00 bits per heavy atom. The fourth-order valence-corrected chi connectivity index (χ4v) is 3.62. The van der Waals surface area contributed by atoms with E-state index in [2.05, 4.69) is 32.3 Å². The van der Waals surface area contributed by atoms with Crippen LogP contribution in [0.3, 0.4) is 0 Å². The summed E-state index contributed by atoms with van der Waals surface area (Å²) in [5, 5.41) is 14.9. The molecule has 1 aromatic heterocycles. The van der Waals surface area contributed by atoms with E-state index < -0.39 is 0 Å². The minimum atomic E-state index is 0.138. The van der Waals surface area contributed by atoms with Gasteiger partial charge in [0.15, 0.2) is 5.82 Å². The van der Waals surface area contributed by atoms with Crippen molar-refractivity contribution >= 4 is 5.91 Å². The van der Waals surface area contributed by atoms with Crippen LogP contribution < -0.4 is 10.6 Å². The Morgan fingerprint density at radius 1 is 1.36 bits per heavy atom. The molecule has 6 nitrogen and oxygen atoms in total. The number of nitrogens with one attached hydrogen (secondary N) is 2. The highest BCUT2D eigenvalue weighted by Gasteiger charge is 2.22. The van der Waals surface area contributed by atoms with Crippen molar-refractivity contribution in [1.29, 1.82) is 0 Å². The molecule has 3 rings (SSSR count). The highest BCUT2D eigenvalue weighted by atomic mass is 16.1. The Balaban J connectivity index is 1.47. The predicted molar refractivity (Wildman–Crippen MR) is 84.2 cm³/mol. The molecular weight excluding hydrogens is 278 g/mol. The molecule has 1 unspecified atom stereocenters. The van der Waals surface area contributed by atoms with Gasteiger partial charge in [0.05, 0.1) is 6.54 Å². The van der Waals surface area contributed by atoms with Crippen molar-refractivity contribution in [3.8, 4) is 0 Å². The third-order valence-corrected chi connectivity index (χ3v) is 5.08. The maximum Gasteiger partial charge on any atom is 0.220 e. The first-order valence-electron chi connectivity index (χ1n) is 8.62. The fourth-order valence-electron chi connectivity index (χ4n) is 3.62. The van der Waals surface area contributed by atoms with Gasteiger partial charge in [0.25, 0.3) is 0 Å². The van der Waals surface area contributed by atoms with Crippen molar-refractivity contribution in [2.24, 2.45) is 11.8 Å². The van der Waals surface area contributed by atoms with Gasteiger partial charge in [-0.3, -0.25) is 4.79 Å². The maximum atomic E-state index is 12.2. The molecule has 6 heteroatoms. The van der Waals surface area contributed by atoms with Crippen LogP contribution in [0.25, 0.3) is 0 Å². The SMILES string of the molecule is CC(CC(=O)NCc1nnc2n1CCCC2)C1CCNCC1. The highest BCUT2D eigenvalue weighted by molar-refractivity contribution is 5.76. The molecule has 122 valence electrons. The maximum absolute atomic E-state index is 12.2. The summed E-state index contributed by atoms with van der Waals surface area (Å²) in [4.78, 5) is 12.2. The zero-order valence-corrected chi connectivity index (χ0v) is 13.5. The topological polar surface area (TPSA) is 71.8 Å². The lowest BCUT2D eigenvalue weighted by Crippen LogP contribution is -2.33. The molecule has 1 aromatic rings. The third kappa shape index (κ3) is 3.66. The summed E-state index contributed by atoms with van der Waals surface area (Å²) in [5.41, 5.74) is 0. The number of hydrogen-bond acceptors (Lipinski definition) is 4. The first-order valence-corrected chi connectivity index (χ1v) is 8.62. The monoisotopic (exact) mass is 305 g/mol. The van der Waals surface area contributed by atoms with Gasteiger partial charge in [-0.25, -0.2) is 0 Å². The second-order valence-corrected chi connectivity index (χ2v) is 6.69. The number of aryl methyl sites for hydroxylation is 1. The number of carbonyl (C=O) groups is 1. The number of rotatable bonds is 5. The van der Waals surface area contributed by atoms with Gasteiger partial charge in [0, 0.05) is 19.4 Å². The van der Waals surface area contributed by atoms with Gasteiger partial charge >= 0.3 is 0 Å². The van der Waals surface area contributed by atoms with Crippen molar-refractivity contribution in [2.75, 3.05) is 13.1 Å². The molecular formula is C16H27N5O. The van der Waals surface area contributed by atoms with E-state index in [0.29, 0.717) is 24.8 Å². The zero-order chi connectivity index (χ0) is 15.4. The molecule has 22 heavy (non-hydrogen) atoms. The molecule has 1 fully saturated rings. The standard InChI is InChI=1S/C16H27N5O/c1-12(13-5-7-17-8-6-13)10-16(22)18-11-15-20-19-14-4-2-3-9-21(14)15/h12-13,17H,2-11H2,1H3,(H,18,22). The van der Waals surface area contributed by atoms with Gasteiger partial charge in [-0.1, -0.05) is 6.92 Å². The van der Waals surface area contributed by atoms with Gasteiger partial charge in [-0.15, -0.1) is 10.2 Å². The van der Waals surface area contributed by atoms with Gasteiger partial charge in [-0.05, 0) is 50.6 Å². The number of nitrogens with zero attached hydrogens (tertiary/aromatic N) is 3. The molecule has 2 aliphatic heterocycles. The second-order valence-electron chi connectivity index (χ2n) is 6.69. The van der Waals surface area contributed by atoms with Crippen LogP contribution in [0.5, 0.6) is 0 Å². The van der Waals surface area contributed by atoms with Gasteiger partial charge in [-0.2, -0.15) is 0 Å². The molecule has 0 radical (unpaired) electrons. The molecule has 1 saturated heterocycles. The van der Waals surface area contributed by atoms with Crippen LogP contribution in [0, 0.1) is 11.8 Å². The summed E-state index contributed by atoms with van der Waals surface area (Å²) in [6.45, 7) is 5.86. The summed E-state index contributed by atoms with van der Waals surface area (Å²) in [6.07, 6.45) is 6.37. The molecule has 1 atom stereocenters. The summed E-state index contributed by atoms with van der Waals surface area (Å²) in [5.74, 6) is 3.23. The van der Waals surface area contributed by atoms with Gasteiger partial charge in [0.1, 0.15) is 5.82 Å². The van der Waals surface area contributed by atoms with Gasteiger partial charge in [0.2, 0.25) is 5.91 Å². The van der Waals surface area contributed by atoms with E-state index in [0.717, 1.165) is 37.7 Å². The smallest absolute Gasteiger partial charge is 0.220 e. The normalized spacial score (nSPS) is 20.4. The van der Waals surface area contributed by atoms with E-state index in [1.807, 2.05) is 0 Å². The van der Waals surface area contributed by atoms with Crippen LogP contribution in [0.2, 0.25) is 0 Å². The molecule has 0 aliphatic carbocycles. The van der Waals surface area contributed by atoms with Crippen molar-refractivity contribution in [3.63, 3.8) is 0 Å². The predicted octanol–water partition coefficient (Wildman–Crippen LogP) is 1.26. The van der Waals surface area contributed by atoms with Crippen LogP contribution in [0.15, 0.2) is 0 Å². The second kappa shape index (κ2) is 7.22. The van der Waals surface area contributed by atoms with Crippen molar-refractivity contribution in [3.05, 3.63) is 11.6 Å². The van der Waals surface area contributed by atoms with Crippen LogP contribution in [-0.4, -0.2) is 33.8 Å². The molecule has 0 spiro atoms. The lowest BCUT2D eigenvalue weighted by atomic mass is 9.84.